The van der Waals surface area contributed by atoms with Crippen molar-refractivity contribution in [2.45, 2.75) is 13.5 Å². The third-order valence-electron chi connectivity index (χ3n) is 2.37. The van der Waals surface area contributed by atoms with Crippen LogP contribution in [0.5, 0.6) is 0 Å². The van der Waals surface area contributed by atoms with E-state index in [0.29, 0.717) is 23.7 Å². The number of carbonyl (C=O) groups is 1. The smallest absolute Gasteiger partial charge is 0.273 e. The Bertz CT molecular complexity index is 581. The Kier molecular flexibility index (Phi) is 3.47. The van der Waals surface area contributed by atoms with Crippen LogP contribution in [0.3, 0.4) is 0 Å². The molecule has 3 N–H and O–H groups in total. The first-order valence-electron chi connectivity index (χ1n) is 5.34. The summed E-state index contributed by atoms with van der Waals surface area (Å²) < 4.78 is 1.76. The minimum atomic E-state index is -0.289. The lowest BCUT2D eigenvalue weighted by Gasteiger charge is -2.06. The van der Waals surface area contributed by atoms with E-state index in [2.05, 4.69) is 15.3 Å². The number of carbonyl (C=O) groups excluding carboxylic acids is 1. The molecule has 2 aromatic heterocycles. The van der Waals surface area contributed by atoms with Gasteiger partial charge in [0.05, 0.1) is 5.69 Å². The molecule has 2 aromatic rings. The first-order valence-corrected chi connectivity index (χ1v) is 5.72. The molecular formula is C11H12ClN5O. The summed E-state index contributed by atoms with van der Waals surface area (Å²) >= 11 is 5.71. The molecule has 7 heteroatoms. The van der Waals surface area contributed by atoms with Crippen LogP contribution >= 0.6 is 11.6 Å². The van der Waals surface area contributed by atoms with E-state index in [1.165, 1.54) is 12.4 Å². The number of aromatic nitrogens is 3. The molecule has 0 aromatic carbocycles. The Hall–Kier alpha value is -2.08. The van der Waals surface area contributed by atoms with Crippen molar-refractivity contribution in [2.24, 2.45) is 0 Å². The van der Waals surface area contributed by atoms with Crippen LogP contribution in [0.4, 0.5) is 11.5 Å². The summed E-state index contributed by atoms with van der Waals surface area (Å²) in [5.41, 5.74) is 6.68. The van der Waals surface area contributed by atoms with Crippen LogP contribution in [0.1, 0.15) is 17.4 Å². The summed E-state index contributed by atoms with van der Waals surface area (Å²) in [4.78, 5) is 19.7. The molecule has 1 amide bonds. The molecule has 0 saturated carbocycles. The number of nitrogens with two attached hydrogens (primary N) is 1. The minimum Gasteiger partial charge on any atom is -0.397 e. The summed E-state index contributed by atoms with van der Waals surface area (Å²) in [5, 5.41) is 2.91. The number of nitrogens with zero attached hydrogens (tertiary/aromatic N) is 3. The highest BCUT2D eigenvalue weighted by Gasteiger charge is 2.12. The maximum atomic E-state index is 12.0. The highest BCUT2D eigenvalue weighted by molar-refractivity contribution is 6.29. The normalized spacial score (nSPS) is 10.3. The zero-order chi connectivity index (χ0) is 13.1. The number of anilines is 2. The number of nitrogens with one attached hydrogen (secondary N) is 1. The van der Waals surface area contributed by atoms with Crippen LogP contribution in [0.15, 0.2) is 24.7 Å². The SMILES string of the molecule is CCn1cc(N)cc1C(=O)Nc1cc(Cl)ncn1. The van der Waals surface area contributed by atoms with E-state index in [4.69, 9.17) is 17.3 Å². The number of nitrogen functional groups attached to an aromatic ring is 1. The first kappa shape index (κ1) is 12.4. The minimum absolute atomic E-state index is 0.269. The van der Waals surface area contributed by atoms with Gasteiger partial charge in [-0.25, -0.2) is 9.97 Å². The Morgan fingerprint density at radius 3 is 2.94 bits per heavy atom. The monoisotopic (exact) mass is 265 g/mol. The lowest BCUT2D eigenvalue weighted by atomic mass is 10.3. The van der Waals surface area contributed by atoms with Crippen molar-refractivity contribution < 1.29 is 4.79 Å². The third-order valence-corrected chi connectivity index (χ3v) is 2.57. The Labute approximate surface area is 109 Å². The van der Waals surface area contributed by atoms with Gasteiger partial charge in [0.2, 0.25) is 0 Å². The van der Waals surface area contributed by atoms with E-state index >= 15 is 0 Å². The van der Waals surface area contributed by atoms with Crippen molar-refractivity contribution in [3.05, 3.63) is 35.5 Å². The molecule has 0 aliphatic heterocycles. The van der Waals surface area contributed by atoms with Crippen molar-refractivity contribution in [1.29, 1.82) is 0 Å². The molecule has 0 bridgehead atoms. The fourth-order valence-electron chi connectivity index (χ4n) is 1.57. The standard InChI is InChI=1S/C11H12ClN5O/c1-2-17-5-7(13)3-8(17)11(18)16-10-4-9(12)14-6-15-10/h3-6H,2,13H2,1H3,(H,14,15,16,18). The molecule has 0 aliphatic rings. The maximum Gasteiger partial charge on any atom is 0.273 e. The molecule has 0 saturated heterocycles. The number of hydrogen-bond donors (Lipinski definition) is 2. The lowest BCUT2D eigenvalue weighted by Crippen LogP contribution is -2.17. The first-order chi connectivity index (χ1) is 8.60. The molecule has 2 rings (SSSR count). The van der Waals surface area contributed by atoms with Gasteiger partial charge in [0.15, 0.2) is 0 Å². The Morgan fingerprint density at radius 1 is 1.50 bits per heavy atom. The van der Waals surface area contributed by atoms with Crippen LogP contribution < -0.4 is 11.1 Å². The van der Waals surface area contributed by atoms with Gasteiger partial charge in [-0.1, -0.05) is 11.6 Å². The average molecular weight is 266 g/mol. The molecule has 0 spiro atoms. The highest BCUT2D eigenvalue weighted by atomic mass is 35.5. The van der Waals surface area contributed by atoms with E-state index in [1.54, 1.807) is 16.8 Å². The van der Waals surface area contributed by atoms with Gasteiger partial charge in [0.1, 0.15) is 23.0 Å². The maximum absolute atomic E-state index is 12.0. The van der Waals surface area contributed by atoms with Crippen molar-refractivity contribution in [2.75, 3.05) is 11.1 Å². The van der Waals surface area contributed by atoms with E-state index < -0.39 is 0 Å². The largest absolute Gasteiger partial charge is 0.397 e. The van der Waals surface area contributed by atoms with Gasteiger partial charge in [-0.05, 0) is 13.0 Å². The third kappa shape index (κ3) is 2.60. The molecule has 2 heterocycles. The molecule has 18 heavy (non-hydrogen) atoms. The van der Waals surface area contributed by atoms with Crippen molar-refractivity contribution in [3.8, 4) is 0 Å². The van der Waals surface area contributed by atoms with Gasteiger partial charge in [0.25, 0.3) is 5.91 Å². The second-order valence-electron chi connectivity index (χ2n) is 3.62. The zero-order valence-electron chi connectivity index (χ0n) is 9.72. The fourth-order valence-corrected chi connectivity index (χ4v) is 1.71. The van der Waals surface area contributed by atoms with E-state index in [0.717, 1.165) is 0 Å². The summed E-state index contributed by atoms with van der Waals surface area (Å²) in [7, 11) is 0. The van der Waals surface area contributed by atoms with Gasteiger partial charge in [0, 0.05) is 18.8 Å². The highest BCUT2D eigenvalue weighted by Crippen LogP contribution is 2.14. The second-order valence-corrected chi connectivity index (χ2v) is 4.01. The van der Waals surface area contributed by atoms with Crippen LogP contribution in [0, 0.1) is 0 Å². The molecule has 0 fully saturated rings. The number of hydrogen-bond acceptors (Lipinski definition) is 4. The molecule has 94 valence electrons. The molecule has 0 aliphatic carbocycles. The van der Waals surface area contributed by atoms with Gasteiger partial charge in [-0.15, -0.1) is 0 Å². The van der Waals surface area contributed by atoms with Crippen LogP contribution in [-0.4, -0.2) is 20.4 Å². The predicted molar refractivity (Wildman–Crippen MR) is 69.5 cm³/mol. The van der Waals surface area contributed by atoms with Crippen molar-refractivity contribution >= 4 is 29.0 Å². The second kappa shape index (κ2) is 5.05. The molecule has 0 atom stereocenters. The van der Waals surface area contributed by atoms with Crippen LogP contribution in [0.25, 0.3) is 0 Å². The predicted octanol–water partition coefficient (Wildman–Crippen LogP) is 1.79. The average Bonchev–Trinajstić information content (AvgIpc) is 2.70. The van der Waals surface area contributed by atoms with E-state index in [9.17, 15) is 4.79 Å². The van der Waals surface area contributed by atoms with Gasteiger partial charge in [-0.2, -0.15) is 0 Å². The fraction of sp³-hybridized carbons (Fsp3) is 0.182. The number of aryl methyl sites for hydroxylation is 1. The Balaban J connectivity index is 2.21. The summed E-state index contributed by atoms with van der Waals surface area (Å²) in [5.74, 6) is 0.0609. The Morgan fingerprint density at radius 2 is 2.28 bits per heavy atom. The van der Waals surface area contributed by atoms with Crippen molar-refractivity contribution in [1.82, 2.24) is 14.5 Å². The van der Waals surface area contributed by atoms with Crippen LogP contribution in [-0.2, 0) is 6.54 Å². The van der Waals surface area contributed by atoms with Crippen LogP contribution in [0.2, 0.25) is 5.15 Å². The number of rotatable bonds is 3. The summed E-state index contributed by atoms with van der Waals surface area (Å²) in [6.07, 6.45) is 2.99. The number of halogens is 1. The molecule has 0 unspecified atom stereocenters. The molecular weight excluding hydrogens is 254 g/mol. The summed E-state index contributed by atoms with van der Waals surface area (Å²) in [6.45, 7) is 2.59. The van der Waals surface area contributed by atoms with Gasteiger partial charge in [-0.3, -0.25) is 4.79 Å². The lowest BCUT2D eigenvalue weighted by molar-refractivity contribution is 0.101. The summed E-state index contributed by atoms with van der Waals surface area (Å²) in [6, 6.07) is 3.09. The van der Waals surface area contributed by atoms with Gasteiger partial charge >= 0.3 is 0 Å². The van der Waals surface area contributed by atoms with E-state index in [-0.39, 0.29) is 11.1 Å². The topological polar surface area (TPSA) is 85.8 Å². The number of amides is 1. The quantitative estimate of drug-likeness (QED) is 0.829. The zero-order valence-corrected chi connectivity index (χ0v) is 10.5. The van der Waals surface area contributed by atoms with Gasteiger partial charge < -0.3 is 15.6 Å². The molecule has 0 radical (unpaired) electrons. The van der Waals surface area contributed by atoms with E-state index in [1.807, 2.05) is 6.92 Å². The molecule has 6 nitrogen and oxygen atoms in total. The van der Waals surface area contributed by atoms with Crippen molar-refractivity contribution in [3.63, 3.8) is 0 Å².